The molecule has 0 amide bonds. The molecule has 0 spiro atoms. The maximum atomic E-state index is 3.20. The third-order valence-corrected chi connectivity index (χ3v) is 2.42. The van der Waals surface area contributed by atoms with E-state index in [9.17, 15) is 0 Å². The third-order valence-electron chi connectivity index (χ3n) is 2.42. The summed E-state index contributed by atoms with van der Waals surface area (Å²) in [6, 6.07) is 0. The average Bonchev–Trinajstić information content (AvgIpc) is 2.34. The monoisotopic (exact) mass is 158 g/mol. The van der Waals surface area contributed by atoms with E-state index in [0.717, 1.165) is 0 Å². The first-order chi connectivity index (χ1) is 5.09. The summed E-state index contributed by atoms with van der Waals surface area (Å²) < 4.78 is 0. The van der Waals surface area contributed by atoms with Crippen LogP contribution in [0.15, 0.2) is 0 Å². The molecule has 0 bridgehead atoms. The molecule has 1 fully saturated rings. The molecule has 1 saturated heterocycles. The minimum atomic E-state index is -0.0278. The van der Waals surface area contributed by atoms with E-state index >= 15 is 0 Å². The van der Waals surface area contributed by atoms with Crippen molar-refractivity contribution in [1.29, 1.82) is 0 Å². The number of hydrogen-bond donors (Lipinski definition) is 4. The van der Waals surface area contributed by atoms with Gasteiger partial charge in [-0.3, -0.25) is 0 Å². The van der Waals surface area contributed by atoms with Gasteiger partial charge in [-0.1, -0.05) is 27.7 Å². The zero-order valence-electron chi connectivity index (χ0n) is 7.65. The molecule has 0 aromatic carbocycles. The van der Waals surface area contributed by atoms with Crippen molar-refractivity contribution >= 4 is 0 Å². The summed E-state index contributed by atoms with van der Waals surface area (Å²) in [5.41, 5.74) is 12.1. The SMILES string of the molecule is CC(C)C1(C(C)C)NNNN1. The van der Waals surface area contributed by atoms with Crippen LogP contribution in [-0.4, -0.2) is 5.66 Å². The van der Waals surface area contributed by atoms with Crippen molar-refractivity contribution in [2.75, 3.05) is 0 Å². The fourth-order valence-corrected chi connectivity index (χ4v) is 1.54. The zero-order chi connectivity index (χ0) is 8.48. The molecule has 1 aliphatic rings. The second-order valence-electron chi connectivity index (χ2n) is 3.68. The van der Waals surface area contributed by atoms with E-state index in [-0.39, 0.29) is 5.66 Å². The molecule has 0 atom stereocenters. The van der Waals surface area contributed by atoms with Crippen molar-refractivity contribution in [1.82, 2.24) is 21.9 Å². The van der Waals surface area contributed by atoms with Gasteiger partial charge in [-0.2, -0.15) is 11.1 Å². The summed E-state index contributed by atoms with van der Waals surface area (Å²) in [4.78, 5) is 0. The molecule has 0 radical (unpaired) electrons. The van der Waals surface area contributed by atoms with Gasteiger partial charge < -0.3 is 0 Å². The lowest BCUT2D eigenvalue weighted by atomic mass is 9.86. The first-order valence-corrected chi connectivity index (χ1v) is 4.14. The van der Waals surface area contributed by atoms with E-state index in [4.69, 9.17) is 0 Å². The smallest absolute Gasteiger partial charge is 0.101 e. The molecule has 4 nitrogen and oxygen atoms in total. The number of hydrazine groups is 3. The van der Waals surface area contributed by atoms with Crippen molar-refractivity contribution in [3.63, 3.8) is 0 Å². The molecule has 66 valence electrons. The van der Waals surface area contributed by atoms with Gasteiger partial charge in [0.15, 0.2) is 0 Å². The minimum absolute atomic E-state index is 0.0278. The van der Waals surface area contributed by atoms with E-state index in [0.29, 0.717) is 11.8 Å². The highest BCUT2D eigenvalue weighted by molar-refractivity contribution is 4.90. The van der Waals surface area contributed by atoms with E-state index in [1.807, 2.05) is 0 Å². The Morgan fingerprint density at radius 2 is 1.18 bits per heavy atom. The van der Waals surface area contributed by atoms with Crippen molar-refractivity contribution in [3.05, 3.63) is 0 Å². The van der Waals surface area contributed by atoms with Gasteiger partial charge in [0.05, 0.1) is 0 Å². The first-order valence-electron chi connectivity index (χ1n) is 4.14. The third kappa shape index (κ3) is 1.39. The van der Waals surface area contributed by atoms with Gasteiger partial charge in [0.2, 0.25) is 0 Å². The lowest BCUT2D eigenvalue weighted by molar-refractivity contribution is 0.152. The van der Waals surface area contributed by atoms with Crippen LogP contribution in [0.2, 0.25) is 0 Å². The zero-order valence-corrected chi connectivity index (χ0v) is 7.65. The second kappa shape index (κ2) is 3.06. The lowest BCUT2D eigenvalue weighted by Gasteiger charge is -2.35. The highest BCUT2D eigenvalue weighted by Gasteiger charge is 2.39. The number of hydrogen-bond acceptors (Lipinski definition) is 4. The van der Waals surface area contributed by atoms with Crippen LogP contribution < -0.4 is 21.9 Å². The molecule has 0 aromatic heterocycles. The van der Waals surface area contributed by atoms with E-state index in [1.54, 1.807) is 0 Å². The van der Waals surface area contributed by atoms with Crippen LogP contribution in [0.25, 0.3) is 0 Å². The molecule has 4 N–H and O–H groups in total. The maximum absolute atomic E-state index is 3.20. The van der Waals surface area contributed by atoms with Crippen molar-refractivity contribution in [3.8, 4) is 0 Å². The Hall–Kier alpha value is -0.160. The highest BCUT2D eigenvalue weighted by atomic mass is 15.8. The second-order valence-corrected chi connectivity index (χ2v) is 3.68. The van der Waals surface area contributed by atoms with E-state index in [2.05, 4.69) is 49.6 Å². The van der Waals surface area contributed by atoms with Crippen LogP contribution in [0.3, 0.4) is 0 Å². The van der Waals surface area contributed by atoms with Crippen molar-refractivity contribution < 1.29 is 0 Å². The predicted molar refractivity (Wildman–Crippen MR) is 44.9 cm³/mol. The van der Waals surface area contributed by atoms with E-state index < -0.39 is 0 Å². The normalized spacial score (nSPS) is 23.5. The van der Waals surface area contributed by atoms with Crippen LogP contribution in [0.1, 0.15) is 27.7 Å². The van der Waals surface area contributed by atoms with Gasteiger partial charge in [0, 0.05) is 0 Å². The van der Waals surface area contributed by atoms with Crippen LogP contribution >= 0.6 is 0 Å². The Balaban J connectivity index is 2.70. The van der Waals surface area contributed by atoms with Gasteiger partial charge in [-0.15, -0.1) is 0 Å². The molecule has 0 aliphatic carbocycles. The largest absolute Gasteiger partial charge is 0.221 e. The quantitative estimate of drug-likeness (QED) is 0.461. The van der Waals surface area contributed by atoms with E-state index in [1.165, 1.54) is 0 Å². The van der Waals surface area contributed by atoms with Gasteiger partial charge >= 0.3 is 0 Å². The number of rotatable bonds is 2. The Kier molecular flexibility index (Phi) is 2.49. The summed E-state index contributed by atoms with van der Waals surface area (Å²) in [5, 5.41) is 0. The lowest BCUT2D eigenvalue weighted by Crippen LogP contribution is -2.59. The molecule has 0 unspecified atom stereocenters. The van der Waals surface area contributed by atoms with Gasteiger partial charge in [0.1, 0.15) is 5.66 Å². The predicted octanol–water partition coefficient (Wildman–Crippen LogP) is 0.112. The maximum Gasteiger partial charge on any atom is 0.101 e. The molecule has 0 aromatic rings. The Morgan fingerprint density at radius 3 is 1.36 bits per heavy atom. The molecule has 4 heteroatoms. The standard InChI is InChI=1S/C7H18N4/c1-5(2)7(6(3)4)8-10-11-9-7/h5-6,8-11H,1-4H3. The fourth-order valence-electron chi connectivity index (χ4n) is 1.54. The molecular formula is C7H18N4. The molecule has 1 rings (SSSR count). The summed E-state index contributed by atoms with van der Waals surface area (Å²) >= 11 is 0. The first kappa shape index (κ1) is 8.93. The Bertz CT molecular complexity index is 116. The molecule has 1 heterocycles. The summed E-state index contributed by atoms with van der Waals surface area (Å²) in [7, 11) is 0. The molecule has 1 aliphatic heterocycles. The topological polar surface area (TPSA) is 48.1 Å². The van der Waals surface area contributed by atoms with Crippen LogP contribution in [0, 0.1) is 11.8 Å². The van der Waals surface area contributed by atoms with Gasteiger partial charge in [0.25, 0.3) is 0 Å². The molecular weight excluding hydrogens is 140 g/mol. The highest BCUT2D eigenvalue weighted by Crippen LogP contribution is 2.22. The fraction of sp³-hybridized carbons (Fsp3) is 1.00. The van der Waals surface area contributed by atoms with Crippen LogP contribution in [-0.2, 0) is 0 Å². The summed E-state index contributed by atoms with van der Waals surface area (Å²) in [6.07, 6.45) is 0. The van der Waals surface area contributed by atoms with Crippen molar-refractivity contribution in [2.24, 2.45) is 11.8 Å². The number of nitrogens with one attached hydrogen (secondary N) is 4. The Morgan fingerprint density at radius 1 is 0.818 bits per heavy atom. The summed E-state index contributed by atoms with van der Waals surface area (Å²) in [5.74, 6) is 1.06. The van der Waals surface area contributed by atoms with Crippen LogP contribution in [0.4, 0.5) is 0 Å². The van der Waals surface area contributed by atoms with Crippen molar-refractivity contribution in [2.45, 2.75) is 33.4 Å². The summed E-state index contributed by atoms with van der Waals surface area (Å²) in [6.45, 7) is 8.76. The van der Waals surface area contributed by atoms with Gasteiger partial charge in [-0.05, 0) is 11.8 Å². The van der Waals surface area contributed by atoms with Crippen LogP contribution in [0.5, 0.6) is 0 Å². The molecule has 11 heavy (non-hydrogen) atoms. The Labute approximate surface area is 68.0 Å². The average molecular weight is 158 g/mol. The van der Waals surface area contributed by atoms with Gasteiger partial charge in [-0.25, -0.2) is 10.9 Å². The minimum Gasteiger partial charge on any atom is -0.221 e. The molecule has 0 saturated carbocycles.